The first-order valence-corrected chi connectivity index (χ1v) is 8.81. The predicted molar refractivity (Wildman–Crippen MR) is 98.6 cm³/mol. The van der Waals surface area contributed by atoms with Gasteiger partial charge in [0.25, 0.3) is 0 Å². The molecule has 3 rings (SSSR count). The molecule has 6 heteroatoms. The van der Waals surface area contributed by atoms with Gasteiger partial charge in [-0.15, -0.1) is 0 Å². The van der Waals surface area contributed by atoms with E-state index >= 15 is 0 Å². The monoisotopic (exact) mass is 358 g/mol. The Morgan fingerprint density at radius 2 is 1.65 bits per heavy atom. The quantitative estimate of drug-likeness (QED) is 0.771. The van der Waals surface area contributed by atoms with Crippen molar-refractivity contribution in [2.45, 2.75) is 6.42 Å². The van der Waals surface area contributed by atoms with Gasteiger partial charge < -0.3 is 14.7 Å². The lowest BCUT2D eigenvalue weighted by atomic mass is 10.2. The summed E-state index contributed by atoms with van der Waals surface area (Å²) in [7, 11) is 0. The van der Waals surface area contributed by atoms with Gasteiger partial charge in [-0.2, -0.15) is 0 Å². The smallest absolute Gasteiger partial charge is 0.335 e. The predicted octanol–water partition coefficient (Wildman–Crippen LogP) is 3.12. The summed E-state index contributed by atoms with van der Waals surface area (Å²) in [4.78, 5) is 15.5. The molecule has 5 nitrogen and oxygen atoms in total. The second-order valence-corrected chi connectivity index (χ2v) is 6.34. The van der Waals surface area contributed by atoms with Crippen LogP contribution in [0, 0.1) is 5.82 Å². The highest BCUT2D eigenvalue weighted by molar-refractivity contribution is 5.87. The Bertz CT molecular complexity index is 711. The van der Waals surface area contributed by atoms with E-state index in [4.69, 9.17) is 9.84 Å². The van der Waals surface area contributed by atoms with Crippen molar-refractivity contribution >= 4 is 11.7 Å². The first-order chi connectivity index (χ1) is 12.6. The van der Waals surface area contributed by atoms with E-state index in [2.05, 4.69) is 9.80 Å². The normalized spacial score (nSPS) is 15.0. The van der Waals surface area contributed by atoms with Crippen LogP contribution in [0.4, 0.5) is 10.1 Å². The summed E-state index contributed by atoms with van der Waals surface area (Å²) in [6.07, 6.45) is 0.914. The molecule has 1 fully saturated rings. The van der Waals surface area contributed by atoms with E-state index in [0.29, 0.717) is 12.4 Å². The molecule has 1 heterocycles. The molecular weight excluding hydrogens is 335 g/mol. The minimum Gasteiger partial charge on any atom is -0.494 e. The number of rotatable bonds is 7. The fourth-order valence-corrected chi connectivity index (χ4v) is 3.05. The van der Waals surface area contributed by atoms with Gasteiger partial charge in [0, 0.05) is 38.4 Å². The van der Waals surface area contributed by atoms with Gasteiger partial charge >= 0.3 is 5.97 Å². The molecule has 1 saturated heterocycles. The number of carbonyl (C=O) groups is 1. The van der Waals surface area contributed by atoms with Crippen LogP contribution in [0.1, 0.15) is 16.8 Å². The van der Waals surface area contributed by atoms with Gasteiger partial charge in [-0.05, 0) is 55.0 Å². The number of halogens is 1. The zero-order chi connectivity index (χ0) is 18.4. The first kappa shape index (κ1) is 18.2. The molecule has 0 saturated carbocycles. The molecular formula is C20H23FN2O3. The minimum absolute atomic E-state index is 0.204. The summed E-state index contributed by atoms with van der Waals surface area (Å²) in [5.41, 5.74) is 1.33. The van der Waals surface area contributed by atoms with Crippen LogP contribution in [0.25, 0.3) is 0 Å². The number of ether oxygens (including phenoxy) is 1. The third-order valence-corrected chi connectivity index (χ3v) is 4.55. The van der Waals surface area contributed by atoms with Crippen LogP contribution >= 0.6 is 0 Å². The van der Waals surface area contributed by atoms with Gasteiger partial charge in [-0.25, -0.2) is 9.18 Å². The zero-order valence-electron chi connectivity index (χ0n) is 14.6. The van der Waals surface area contributed by atoms with E-state index in [-0.39, 0.29) is 11.4 Å². The standard InChI is InChI=1S/C20H23FN2O3/c21-17-4-6-18(7-5-17)23-13-11-22(12-14-23)10-1-15-26-19-8-2-16(3-9-19)20(24)25/h2-9H,1,10-15H2,(H,24,25). The molecule has 0 atom stereocenters. The Kier molecular flexibility index (Phi) is 6.07. The maximum absolute atomic E-state index is 13.0. The topological polar surface area (TPSA) is 53.0 Å². The molecule has 0 bridgehead atoms. The Balaban J connectivity index is 1.35. The van der Waals surface area contributed by atoms with Gasteiger partial charge in [0.1, 0.15) is 11.6 Å². The van der Waals surface area contributed by atoms with Crippen molar-refractivity contribution in [3.8, 4) is 5.75 Å². The fourth-order valence-electron chi connectivity index (χ4n) is 3.05. The summed E-state index contributed by atoms with van der Waals surface area (Å²) in [5.74, 6) is -0.447. The number of anilines is 1. The largest absolute Gasteiger partial charge is 0.494 e. The summed E-state index contributed by atoms with van der Waals surface area (Å²) >= 11 is 0. The fraction of sp³-hybridized carbons (Fsp3) is 0.350. The molecule has 26 heavy (non-hydrogen) atoms. The summed E-state index contributed by atoms with van der Waals surface area (Å²) in [6.45, 7) is 5.39. The molecule has 0 aromatic heterocycles. The third kappa shape index (κ3) is 4.95. The maximum Gasteiger partial charge on any atom is 0.335 e. The van der Waals surface area contributed by atoms with Crippen molar-refractivity contribution in [2.75, 3.05) is 44.2 Å². The Labute approximate surface area is 152 Å². The lowest BCUT2D eigenvalue weighted by molar-refractivity contribution is 0.0697. The lowest BCUT2D eigenvalue weighted by Gasteiger charge is -2.36. The van der Waals surface area contributed by atoms with Crippen LogP contribution in [0.3, 0.4) is 0 Å². The summed E-state index contributed by atoms with van der Waals surface area (Å²) in [5, 5.41) is 8.87. The molecule has 2 aromatic carbocycles. The van der Waals surface area contributed by atoms with Crippen LogP contribution < -0.4 is 9.64 Å². The van der Waals surface area contributed by atoms with Crippen LogP contribution in [0.15, 0.2) is 48.5 Å². The van der Waals surface area contributed by atoms with Gasteiger partial charge in [0.15, 0.2) is 0 Å². The van der Waals surface area contributed by atoms with Gasteiger partial charge in [0.2, 0.25) is 0 Å². The second-order valence-electron chi connectivity index (χ2n) is 6.34. The molecule has 0 radical (unpaired) electrons. The van der Waals surface area contributed by atoms with Crippen LogP contribution in [-0.4, -0.2) is 55.3 Å². The van der Waals surface area contributed by atoms with Crippen molar-refractivity contribution in [3.63, 3.8) is 0 Å². The van der Waals surface area contributed by atoms with Crippen LogP contribution in [0.2, 0.25) is 0 Å². The van der Waals surface area contributed by atoms with E-state index in [1.54, 1.807) is 24.3 Å². The third-order valence-electron chi connectivity index (χ3n) is 4.55. The van der Waals surface area contributed by atoms with Crippen molar-refractivity contribution in [3.05, 3.63) is 59.9 Å². The Morgan fingerprint density at radius 3 is 2.27 bits per heavy atom. The zero-order valence-corrected chi connectivity index (χ0v) is 14.6. The second kappa shape index (κ2) is 8.67. The van der Waals surface area contributed by atoms with Crippen LogP contribution in [-0.2, 0) is 0 Å². The molecule has 2 aromatic rings. The van der Waals surface area contributed by atoms with E-state index in [0.717, 1.165) is 44.8 Å². The lowest BCUT2D eigenvalue weighted by Crippen LogP contribution is -2.46. The molecule has 0 amide bonds. The molecule has 1 aliphatic heterocycles. The van der Waals surface area contributed by atoms with Crippen LogP contribution in [0.5, 0.6) is 5.75 Å². The number of piperazine rings is 1. The number of carboxylic acid groups (broad SMARTS) is 1. The molecule has 138 valence electrons. The molecule has 1 aliphatic rings. The van der Waals surface area contributed by atoms with E-state index in [1.807, 2.05) is 12.1 Å². The SMILES string of the molecule is O=C(O)c1ccc(OCCCN2CCN(c3ccc(F)cc3)CC2)cc1. The molecule has 0 unspecified atom stereocenters. The Hall–Kier alpha value is -2.60. The first-order valence-electron chi connectivity index (χ1n) is 8.81. The number of hydrogen-bond acceptors (Lipinski definition) is 4. The van der Waals surface area contributed by atoms with E-state index in [9.17, 15) is 9.18 Å². The van der Waals surface area contributed by atoms with Crippen molar-refractivity contribution < 1.29 is 19.0 Å². The van der Waals surface area contributed by atoms with Gasteiger partial charge in [0.05, 0.1) is 12.2 Å². The number of aromatic carboxylic acids is 1. The molecule has 1 N–H and O–H groups in total. The summed E-state index contributed by atoms with van der Waals surface area (Å²) in [6, 6.07) is 13.1. The van der Waals surface area contributed by atoms with E-state index in [1.165, 1.54) is 12.1 Å². The minimum atomic E-state index is -0.934. The molecule has 0 spiro atoms. The van der Waals surface area contributed by atoms with Gasteiger partial charge in [-0.1, -0.05) is 0 Å². The highest BCUT2D eigenvalue weighted by atomic mass is 19.1. The number of benzene rings is 2. The number of nitrogens with zero attached hydrogens (tertiary/aromatic N) is 2. The molecule has 0 aliphatic carbocycles. The average Bonchev–Trinajstić information content (AvgIpc) is 2.67. The average molecular weight is 358 g/mol. The van der Waals surface area contributed by atoms with E-state index < -0.39 is 5.97 Å². The summed E-state index contributed by atoms with van der Waals surface area (Å²) < 4.78 is 18.7. The van der Waals surface area contributed by atoms with Crippen molar-refractivity contribution in [1.29, 1.82) is 0 Å². The van der Waals surface area contributed by atoms with Gasteiger partial charge in [-0.3, -0.25) is 4.90 Å². The number of hydrogen-bond donors (Lipinski definition) is 1. The number of carboxylic acids is 1. The maximum atomic E-state index is 13.0. The van der Waals surface area contributed by atoms with Crippen molar-refractivity contribution in [1.82, 2.24) is 4.90 Å². The Morgan fingerprint density at radius 1 is 1.00 bits per heavy atom. The highest BCUT2D eigenvalue weighted by Gasteiger charge is 2.16. The highest BCUT2D eigenvalue weighted by Crippen LogP contribution is 2.17. The van der Waals surface area contributed by atoms with Crippen molar-refractivity contribution in [2.24, 2.45) is 0 Å².